The molecule has 0 radical (unpaired) electrons. The Morgan fingerprint density at radius 1 is 1.16 bits per heavy atom. The van der Waals surface area contributed by atoms with Gasteiger partial charge < -0.3 is 15.3 Å². The van der Waals surface area contributed by atoms with Crippen molar-refractivity contribution in [3.8, 4) is 0 Å². The topological polar surface area (TPSA) is 60.7 Å². The minimum atomic E-state index is -0.414. The molecule has 1 saturated carbocycles. The van der Waals surface area contributed by atoms with Gasteiger partial charge in [0.2, 0.25) is 0 Å². The first-order chi connectivity index (χ1) is 9.06. The Hall–Kier alpha value is -0.380. The predicted octanol–water partition coefficient (Wildman–Crippen LogP) is 2.64. The van der Waals surface area contributed by atoms with Gasteiger partial charge in [-0.05, 0) is 50.9 Å². The van der Waals surface area contributed by atoms with Gasteiger partial charge in [0, 0.05) is 0 Å². The van der Waals surface area contributed by atoms with Crippen LogP contribution in [0.5, 0.6) is 0 Å². The third-order valence-electron chi connectivity index (χ3n) is 4.24. The Morgan fingerprint density at radius 3 is 2.47 bits per heavy atom. The molecular formula is C16H30O3. The second-order valence-electron chi connectivity index (χ2n) is 5.97. The summed E-state index contributed by atoms with van der Waals surface area (Å²) < 4.78 is 0. The number of allylic oxidation sites excluding steroid dienone is 2. The fourth-order valence-electron chi connectivity index (χ4n) is 3.03. The molecule has 0 heterocycles. The standard InChI is InChI=1S/C16H30O3/c1-3-4-5-6-7-8-13-14(10-9-12(2)17)16(19)11-15(13)18/h6-7,12-19H,3-5,8-11H2,1-2H3/b7-6-/t12-,13?,14+,15-,16+/m0/s1. The molecule has 0 bridgehead atoms. The van der Waals surface area contributed by atoms with Crippen LogP contribution < -0.4 is 0 Å². The second-order valence-corrected chi connectivity index (χ2v) is 5.97. The van der Waals surface area contributed by atoms with E-state index in [1.54, 1.807) is 6.92 Å². The smallest absolute Gasteiger partial charge is 0.0599 e. The van der Waals surface area contributed by atoms with Crippen molar-refractivity contribution in [2.75, 3.05) is 0 Å². The van der Waals surface area contributed by atoms with E-state index < -0.39 is 12.2 Å². The Morgan fingerprint density at radius 2 is 1.84 bits per heavy atom. The van der Waals surface area contributed by atoms with E-state index in [1.165, 1.54) is 12.8 Å². The summed E-state index contributed by atoms with van der Waals surface area (Å²) in [5.41, 5.74) is 0. The maximum absolute atomic E-state index is 10.0. The van der Waals surface area contributed by atoms with Crippen LogP contribution in [-0.2, 0) is 0 Å². The van der Waals surface area contributed by atoms with E-state index in [0.29, 0.717) is 12.8 Å². The average Bonchev–Trinajstić information content (AvgIpc) is 2.61. The van der Waals surface area contributed by atoms with Crippen molar-refractivity contribution in [3.63, 3.8) is 0 Å². The van der Waals surface area contributed by atoms with Gasteiger partial charge in [-0.1, -0.05) is 31.9 Å². The van der Waals surface area contributed by atoms with E-state index in [2.05, 4.69) is 19.1 Å². The molecule has 1 aliphatic rings. The normalized spacial score (nSPS) is 33.1. The zero-order valence-electron chi connectivity index (χ0n) is 12.3. The van der Waals surface area contributed by atoms with Crippen LogP contribution in [0.2, 0.25) is 0 Å². The summed E-state index contributed by atoms with van der Waals surface area (Å²) in [6.45, 7) is 3.95. The first-order valence-electron chi connectivity index (χ1n) is 7.75. The molecule has 1 fully saturated rings. The van der Waals surface area contributed by atoms with E-state index in [0.717, 1.165) is 19.3 Å². The molecular weight excluding hydrogens is 240 g/mol. The number of aliphatic hydroxyl groups excluding tert-OH is 3. The lowest BCUT2D eigenvalue weighted by Crippen LogP contribution is -2.23. The summed E-state index contributed by atoms with van der Waals surface area (Å²) in [6.07, 6.45) is 9.52. The highest BCUT2D eigenvalue weighted by atomic mass is 16.3. The number of aliphatic hydroxyl groups is 3. The molecule has 3 N–H and O–H groups in total. The van der Waals surface area contributed by atoms with Gasteiger partial charge in [0.25, 0.3) is 0 Å². The molecule has 0 amide bonds. The number of rotatable bonds is 8. The van der Waals surface area contributed by atoms with Crippen LogP contribution in [0.3, 0.4) is 0 Å². The molecule has 0 saturated heterocycles. The van der Waals surface area contributed by atoms with Crippen molar-refractivity contribution in [2.24, 2.45) is 11.8 Å². The molecule has 0 aromatic carbocycles. The highest BCUT2D eigenvalue weighted by Gasteiger charge is 2.40. The lowest BCUT2D eigenvalue weighted by Gasteiger charge is -2.23. The first-order valence-corrected chi connectivity index (χ1v) is 7.75. The monoisotopic (exact) mass is 270 g/mol. The van der Waals surface area contributed by atoms with Gasteiger partial charge in [-0.2, -0.15) is 0 Å². The SMILES string of the molecule is CCCC/C=C\CC1[C@@H](CC[C@H](C)O)[C@H](O)C[C@@H]1O. The van der Waals surface area contributed by atoms with Crippen LogP contribution >= 0.6 is 0 Å². The largest absolute Gasteiger partial charge is 0.393 e. The van der Waals surface area contributed by atoms with Gasteiger partial charge in [0.05, 0.1) is 18.3 Å². The van der Waals surface area contributed by atoms with Crippen LogP contribution in [0.25, 0.3) is 0 Å². The molecule has 0 aromatic heterocycles. The van der Waals surface area contributed by atoms with E-state index in [4.69, 9.17) is 0 Å². The average molecular weight is 270 g/mol. The fraction of sp³-hybridized carbons (Fsp3) is 0.875. The van der Waals surface area contributed by atoms with Gasteiger partial charge >= 0.3 is 0 Å². The number of hydrogen-bond acceptors (Lipinski definition) is 3. The molecule has 1 aliphatic carbocycles. The molecule has 1 rings (SSSR count). The molecule has 0 aliphatic heterocycles. The van der Waals surface area contributed by atoms with Crippen LogP contribution in [-0.4, -0.2) is 33.6 Å². The Balaban J connectivity index is 2.44. The molecule has 0 spiro atoms. The quantitative estimate of drug-likeness (QED) is 0.469. The van der Waals surface area contributed by atoms with Crippen molar-refractivity contribution in [2.45, 2.75) is 77.1 Å². The van der Waals surface area contributed by atoms with E-state index in [1.807, 2.05) is 0 Å². The summed E-state index contributed by atoms with van der Waals surface area (Å²) in [5.74, 6) is 0.270. The van der Waals surface area contributed by atoms with Crippen LogP contribution in [0.1, 0.15) is 58.8 Å². The van der Waals surface area contributed by atoms with Crippen molar-refractivity contribution in [1.82, 2.24) is 0 Å². The minimum absolute atomic E-state index is 0.125. The highest BCUT2D eigenvalue weighted by molar-refractivity contribution is 4.96. The van der Waals surface area contributed by atoms with Crippen LogP contribution in [0, 0.1) is 11.8 Å². The molecule has 112 valence electrons. The Kier molecular flexibility index (Phi) is 7.66. The maximum atomic E-state index is 10.0. The van der Waals surface area contributed by atoms with E-state index >= 15 is 0 Å². The van der Waals surface area contributed by atoms with Gasteiger partial charge in [-0.3, -0.25) is 0 Å². The van der Waals surface area contributed by atoms with E-state index in [9.17, 15) is 15.3 Å². The van der Waals surface area contributed by atoms with Crippen molar-refractivity contribution >= 4 is 0 Å². The summed E-state index contributed by atoms with van der Waals surface area (Å²) in [4.78, 5) is 0. The Bertz CT molecular complexity index is 263. The van der Waals surface area contributed by atoms with Gasteiger partial charge in [-0.25, -0.2) is 0 Å². The number of unbranched alkanes of at least 4 members (excludes halogenated alkanes) is 2. The summed E-state index contributed by atoms with van der Waals surface area (Å²) in [6, 6.07) is 0. The summed E-state index contributed by atoms with van der Waals surface area (Å²) in [7, 11) is 0. The van der Waals surface area contributed by atoms with Crippen LogP contribution in [0.15, 0.2) is 12.2 Å². The zero-order chi connectivity index (χ0) is 14.3. The summed E-state index contributed by atoms with van der Waals surface area (Å²) in [5, 5.41) is 29.4. The zero-order valence-corrected chi connectivity index (χ0v) is 12.3. The van der Waals surface area contributed by atoms with E-state index in [-0.39, 0.29) is 17.9 Å². The fourth-order valence-corrected chi connectivity index (χ4v) is 3.03. The van der Waals surface area contributed by atoms with Crippen molar-refractivity contribution in [1.29, 1.82) is 0 Å². The number of hydrogen-bond donors (Lipinski definition) is 3. The molecule has 1 unspecified atom stereocenters. The van der Waals surface area contributed by atoms with Gasteiger partial charge in [-0.15, -0.1) is 0 Å². The Labute approximate surface area is 117 Å². The summed E-state index contributed by atoms with van der Waals surface area (Å²) >= 11 is 0. The predicted molar refractivity (Wildman–Crippen MR) is 77.8 cm³/mol. The van der Waals surface area contributed by atoms with Crippen molar-refractivity contribution in [3.05, 3.63) is 12.2 Å². The third kappa shape index (κ3) is 5.64. The molecule has 0 aromatic rings. The lowest BCUT2D eigenvalue weighted by atomic mass is 9.86. The molecule has 5 atom stereocenters. The van der Waals surface area contributed by atoms with Gasteiger partial charge in [0.1, 0.15) is 0 Å². The van der Waals surface area contributed by atoms with Gasteiger partial charge in [0.15, 0.2) is 0 Å². The highest BCUT2D eigenvalue weighted by Crippen LogP contribution is 2.38. The first kappa shape index (κ1) is 16.7. The third-order valence-corrected chi connectivity index (χ3v) is 4.24. The second kappa shape index (κ2) is 8.72. The lowest BCUT2D eigenvalue weighted by molar-refractivity contribution is 0.0921. The van der Waals surface area contributed by atoms with Crippen LogP contribution in [0.4, 0.5) is 0 Å². The maximum Gasteiger partial charge on any atom is 0.0599 e. The minimum Gasteiger partial charge on any atom is -0.393 e. The molecule has 3 heteroatoms. The molecule has 19 heavy (non-hydrogen) atoms. The van der Waals surface area contributed by atoms with Crippen molar-refractivity contribution < 1.29 is 15.3 Å². The molecule has 3 nitrogen and oxygen atoms in total.